The maximum atomic E-state index is 13.1. The molecular weight excluding hydrogens is 441 g/mol. The van der Waals surface area contributed by atoms with E-state index in [0.29, 0.717) is 26.4 Å². The van der Waals surface area contributed by atoms with Crippen molar-refractivity contribution in [3.05, 3.63) is 70.6 Å². The number of halogens is 4. The van der Waals surface area contributed by atoms with Gasteiger partial charge in [-0.1, -0.05) is 23.7 Å². The molecule has 0 saturated carbocycles. The van der Waals surface area contributed by atoms with Crippen molar-refractivity contribution in [3.63, 3.8) is 0 Å². The van der Waals surface area contributed by atoms with Crippen LogP contribution >= 0.6 is 23.5 Å². The normalized spacial score (nSPS) is 11.0. The fraction of sp³-hybridized carbons (Fsp3) is 0.158. The smallest absolute Gasteiger partial charge is 0.333 e. The first-order valence-electron chi connectivity index (χ1n) is 8.55. The van der Waals surface area contributed by atoms with E-state index in [2.05, 4.69) is 10.4 Å². The third kappa shape index (κ3) is 5.68. The molecule has 3 rings (SSSR count). The number of nitrogens with zero attached hydrogens (tertiary/aromatic N) is 2. The van der Waals surface area contributed by atoms with Gasteiger partial charge in [-0.2, -0.15) is 8.78 Å². The Kier molecular flexibility index (Phi) is 7.24. The van der Waals surface area contributed by atoms with Crippen molar-refractivity contribution in [1.82, 2.24) is 9.78 Å². The van der Waals surface area contributed by atoms with E-state index in [1.54, 1.807) is 18.2 Å². The molecule has 0 bridgehead atoms. The number of nitrogens with two attached hydrogens (primary N) is 1. The molecule has 11 heteroatoms. The molecule has 0 aliphatic carbocycles. The van der Waals surface area contributed by atoms with E-state index in [1.165, 1.54) is 18.2 Å². The molecule has 0 atom stereocenters. The van der Waals surface area contributed by atoms with Gasteiger partial charge in [0.05, 0.1) is 6.42 Å². The zero-order valence-electron chi connectivity index (χ0n) is 15.3. The largest absolute Gasteiger partial charge is 0.472 e. The predicted molar refractivity (Wildman–Crippen MR) is 108 cm³/mol. The minimum absolute atomic E-state index is 0.0259. The summed E-state index contributed by atoms with van der Waals surface area (Å²) in [5, 5.41) is 12.2. The van der Waals surface area contributed by atoms with Gasteiger partial charge in [0.15, 0.2) is 0 Å². The molecule has 0 fully saturated rings. The Bertz CT molecular complexity index is 1050. The molecular formula is C19H16ClF3N4O2S. The number of aromatic nitrogens is 2. The Morgan fingerprint density at radius 3 is 2.67 bits per heavy atom. The molecule has 3 N–H and O–H groups in total. The van der Waals surface area contributed by atoms with Crippen molar-refractivity contribution < 1.29 is 22.7 Å². The molecule has 1 amide bonds. The van der Waals surface area contributed by atoms with Crippen LogP contribution in [0.5, 0.6) is 5.88 Å². The quantitative estimate of drug-likeness (QED) is 0.476. The van der Waals surface area contributed by atoms with E-state index < -0.39 is 12.4 Å². The summed E-state index contributed by atoms with van der Waals surface area (Å²) in [6, 6.07) is 10.2. The van der Waals surface area contributed by atoms with Crippen LogP contribution in [-0.2, 0) is 17.8 Å². The summed E-state index contributed by atoms with van der Waals surface area (Å²) in [5.41, 5.74) is 1.68. The van der Waals surface area contributed by atoms with E-state index in [4.69, 9.17) is 21.5 Å². The van der Waals surface area contributed by atoms with Crippen LogP contribution in [0.2, 0.25) is 5.02 Å². The average Bonchev–Trinajstić information content (AvgIpc) is 3.18. The van der Waals surface area contributed by atoms with Gasteiger partial charge in [-0.05, 0) is 41.8 Å². The Morgan fingerprint density at radius 1 is 1.23 bits per heavy atom. The molecule has 2 aromatic carbocycles. The lowest BCUT2D eigenvalue weighted by atomic mass is 10.1. The van der Waals surface area contributed by atoms with Crippen LogP contribution < -0.4 is 15.2 Å². The highest BCUT2D eigenvalue weighted by atomic mass is 35.5. The second kappa shape index (κ2) is 9.88. The lowest BCUT2D eigenvalue weighted by Gasteiger charge is -2.11. The fourth-order valence-corrected chi connectivity index (χ4v) is 3.27. The molecule has 0 radical (unpaired) electrons. The number of nitrogens with one attached hydrogen (secondary N) is 1. The average molecular weight is 457 g/mol. The molecule has 1 heterocycles. The summed E-state index contributed by atoms with van der Waals surface area (Å²) in [6.45, 7) is -2.69. The first kappa shape index (κ1) is 22.0. The Labute approximate surface area is 179 Å². The summed E-state index contributed by atoms with van der Waals surface area (Å²) in [5.74, 6) is -0.762. The number of benzene rings is 2. The van der Waals surface area contributed by atoms with Crippen LogP contribution in [0.25, 0.3) is 0 Å². The minimum Gasteiger partial charge on any atom is -0.472 e. The van der Waals surface area contributed by atoms with Crippen molar-refractivity contribution in [1.29, 1.82) is 0 Å². The minimum atomic E-state index is -2.75. The maximum Gasteiger partial charge on any atom is 0.333 e. The third-order valence-electron chi connectivity index (χ3n) is 4.00. The maximum absolute atomic E-state index is 13.1. The molecule has 6 nitrogen and oxygen atoms in total. The zero-order valence-corrected chi connectivity index (χ0v) is 16.9. The van der Waals surface area contributed by atoms with Gasteiger partial charge in [0.1, 0.15) is 12.4 Å². The monoisotopic (exact) mass is 456 g/mol. The summed E-state index contributed by atoms with van der Waals surface area (Å²) in [4.78, 5) is 12.9. The summed E-state index contributed by atoms with van der Waals surface area (Å²) in [7, 11) is 0. The van der Waals surface area contributed by atoms with E-state index in [0.717, 1.165) is 24.2 Å². The van der Waals surface area contributed by atoms with Gasteiger partial charge in [-0.3, -0.25) is 9.93 Å². The summed E-state index contributed by atoms with van der Waals surface area (Å²) in [6.07, 6.45) is 1.09. The number of ether oxygens (including phenoxy) is 1. The van der Waals surface area contributed by atoms with Crippen molar-refractivity contribution in [2.24, 2.45) is 5.14 Å². The lowest BCUT2D eigenvalue weighted by molar-refractivity contribution is -0.115. The second-order valence-electron chi connectivity index (χ2n) is 6.10. The van der Waals surface area contributed by atoms with Crippen LogP contribution in [0.1, 0.15) is 17.7 Å². The van der Waals surface area contributed by atoms with Gasteiger partial charge in [0, 0.05) is 33.4 Å². The number of carbonyl (C=O) groups is 1. The van der Waals surface area contributed by atoms with E-state index in [1.807, 2.05) is 0 Å². The first-order chi connectivity index (χ1) is 14.4. The standard InChI is InChI=1S/C19H16ClF3N4O2S/c20-15-8-13(21)3-1-11(15)7-17(28)25-14-4-2-12(16(9-14)30-24)10-29-18-5-6-27(26-18)19(22)23/h1-6,8-9,19H,7,10,24H2,(H,25,28). The SMILES string of the molecule is NSc1cc(NC(=O)Cc2ccc(F)cc2Cl)ccc1COc1ccn(C(F)F)n1. The molecule has 0 saturated heterocycles. The van der Waals surface area contributed by atoms with Crippen LogP contribution in [-0.4, -0.2) is 15.7 Å². The summed E-state index contributed by atoms with van der Waals surface area (Å²) < 4.78 is 44.1. The molecule has 3 aromatic rings. The number of rotatable bonds is 8. The Balaban J connectivity index is 1.63. The molecule has 1 aromatic heterocycles. The van der Waals surface area contributed by atoms with E-state index >= 15 is 0 Å². The molecule has 0 unspecified atom stereocenters. The van der Waals surface area contributed by atoms with Crippen molar-refractivity contribution >= 4 is 35.1 Å². The fourth-order valence-electron chi connectivity index (χ4n) is 2.56. The van der Waals surface area contributed by atoms with Crippen LogP contribution in [0.15, 0.2) is 53.6 Å². The number of carbonyl (C=O) groups excluding carboxylic acids is 1. The highest BCUT2D eigenvalue weighted by molar-refractivity contribution is 7.97. The van der Waals surface area contributed by atoms with Crippen LogP contribution in [0, 0.1) is 5.82 Å². The molecule has 0 aliphatic heterocycles. The number of amides is 1. The summed E-state index contributed by atoms with van der Waals surface area (Å²) >= 11 is 6.90. The van der Waals surface area contributed by atoms with E-state index in [9.17, 15) is 18.0 Å². The Morgan fingerprint density at radius 2 is 2.00 bits per heavy atom. The Hall–Kier alpha value is -2.69. The van der Waals surface area contributed by atoms with Crippen LogP contribution in [0.3, 0.4) is 0 Å². The number of hydrogen-bond acceptors (Lipinski definition) is 5. The van der Waals surface area contributed by atoms with Gasteiger partial charge in [-0.15, -0.1) is 5.10 Å². The van der Waals surface area contributed by atoms with E-state index in [-0.39, 0.29) is 29.8 Å². The molecule has 30 heavy (non-hydrogen) atoms. The predicted octanol–water partition coefficient (Wildman–Crippen LogP) is 4.80. The number of hydrogen-bond donors (Lipinski definition) is 2. The lowest BCUT2D eigenvalue weighted by Crippen LogP contribution is -2.15. The molecule has 0 spiro atoms. The topological polar surface area (TPSA) is 82.2 Å². The van der Waals surface area contributed by atoms with Crippen molar-refractivity contribution in [2.75, 3.05) is 5.32 Å². The van der Waals surface area contributed by atoms with Crippen molar-refractivity contribution in [3.8, 4) is 5.88 Å². The van der Waals surface area contributed by atoms with Gasteiger partial charge in [0.2, 0.25) is 11.8 Å². The number of anilines is 1. The highest BCUT2D eigenvalue weighted by Crippen LogP contribution is 2.25. The van der Waals surface area contributed by atoms with Gasteiger partial charge >= 0.3 is 6.55 Å². The van der Waals surface area contributed by atoms with Crippen molar-refractivity contribution in [2.45, 2.75) is 24.5 Å². The molecule has 0 aliphatic rings. The molecule has 158 valence electrons. The zero-order chi connectivity index (χ0) is 21.7. The highest BCUT2D eigenvalue weighted by Gasteiger charge is 2.12. The second-order valence-corrected chi connectivity index (χ2v) is 7.18. The van der Waals surface area contributed by atoms with Gasteiger partial charge in [-0.25, -0.2) is 9.07 Å². The van der Waals surface area contributed by atoms with Crippen LogP contribution in [0.4, 0.5) is 18.9 Å². The third-order valence-corrected chi connectivity index (χ3v) is 4.99. The first-order valence-corrected chi connectivity index (χ1v) is 9.81. The van der Waals surface area contributed by atoms with Gasteiger partial charge in [0.25, 0.3) is 0 Å². The van der Waals surface area contributed by atoms with Gasteiger partial charge < -0.3 is 10.1 Å². The number of alkyl halides is 2.